The summed E-state index contributed by atoms with van der Waals surface area (Å²) in [4.78, 5) is 16.0. The number of tetrazole rings is 1. The van der Waals surface area contributed by atoms with Crippen molar-refractivity contribution in [1.82, 2.24) is 25.1 Å². The van der Waals surface area contributed by atoms with Gasteiger partial charge >= 0.3 is 0 Å². The van der Waals surface area contributed by atoms with E-state index >= 15 is 0 Å². The summed E-state index contributed by atoms with van der Waals surface area (Å²) >= 11 is 5.90. The first-order valence-corrected chi connectivity index (χ1v) is 8.84. The summed E-state index contributed by atoms with van der Waals surface area (Å²) < 4.78 is 0. The van der Waals surface area contributed by atoms with Crippen LogP contribution in [0.1, 0.15) is 25.5 Å². The second-order valence-electron chi connectivity index (χ2n) is 5.95. The smallest absolute Gasteiger partial charge is 0.249 e. The lowest BCUT2D eigenvalue weighted by Gasteiger charge is -2.23. The molecule has 0 N–H and O–H groups in total. The third kappa shape index (κ3) is 4.08. The molecule has 1 amide bonds. The number of rotatable bonds is 6. The molecule has 0 aliphatic heterocycles. The predicted octanol–water partition coefficient (Wildman–Crippen LogP) is 3.60. The molecule has 0 fully saturated rings. The summed E-state index contributed by atoms with van der Waals surface area (Å²) in [5, 5.41) is 13.1. The molecule has 1 aromatic heterocycles. The number of hydrogen-bond acceptors (Lipinski definition) is 4. The number of nitrogens with zero attached hydrogens (tertiary/aromatic N) is 5. The van der Waals surface area contributed by atoms with Crippen LogP contribution in [-0.4, -0.2) is 37.6 Å². The topological polar surface area (TPSA) is 63.9 Å². The Morgan fingerprint density at radius 2 is 1.85 bits per heavy atom. The zero-order valence-electron chi connectivity index (χ0n) is 14.7. The lowest BCUT2D eigenvalue weighted by molar-refractivity contribution is -0.135. The zero-order valence-corrected chi connectivity index (χ0v) is 15.5. The summed E-state index contributed by atoms with van der Waals surface area (Å²) in [5.41, 5.74) is 1.89. The lowest BCUT2D eigenvalue weighted by Crippen LogP contribution is -2.36. The Bertz CT molecular complexity index is 863. The summed E-state index contributed by atoms with van der Waals surface area (Å²) in [7, 11) is 0. The highest BCUT2D eigenvalue weighted by Crippen LogP contribution is 2.18. The molecule has 0 radical (unpaired) electrons. The molecule has 0 unspecified atom stereocenters. The summed E-state index contributed by atoms with van der Waals surface area (Å²) in [5.74, 6) is 0.420. The molecule has 2 aromatic carbocycles. The SMILES string of the molecule is CCN(Cc1ccccc1)C(=O)[C@H](C)n1nnc(-c2ccc(Cl)cc2)n1. The Hall–Kier alpha value is -2.73. The Morgan fingerprint density at radius 3 is 2.50 bits per heavy atom. The van der Waals surface area contributed by atoms with E-state index < -0.39 is 6.04 Å². The van der Waals surface area contributed by atoms with Gasteiger partial charge in [-0.1, -0.05) is 41.9 Å². The molecule has 26 heavy (non-hydrogen) atoms. The minimum absolute atomic E-state index is 0.0450. The van der Waals surface area contributed by atoms with Gasteiger partial charge in [0.15, 0.2) is 0 Å². The molecule has 134 valence electrons. The Kier molecular flexibility index (Phi) is 5.63. The maximum Gasteiger partial charge on any atom is 0.249 e. The molecule has 0 saturated carbocycles. The van der Waals surface area contributed by atoms with Crippen LogP contribution in [-0.2, 0) is 11.3 Å². The third-order valence-corrected chi connectivity index (χ3v) is 4.40. The van der Waals surface area contributed by atoms with Crippen molar-refractivity contribution >= 4 is 17.5 Å². The van der Waals surface area contributed by atoms with Crippen molar-refractivity contribution in [2.75, 3.05) is 6.54 Å². The first-order valence-electron chi connectivity index (χ1n) is 8.46. The number of likely N-dealkylation sites (N-methyl/N-ethyl adjacent to an activating group) is 1. The molecule has 7 heteroatoms. The summed E-state index contributed by atoms with van der Waals surface area (Å²) in [6, 6.07) is 16.6. The fourth-order valence-corrected chi connectivity index (χ4v) is 2.74. The number of amides is 1. The van der Waals surface area contributed by atoms with E-state index in [0.29, 0.717) is 23.9 Å². The summed E-state index contributed by atoms with van der Waals surface area (Å²) in [6.07, 6.45) is 0. The second-order valence-corrected chi connectivity index (χ2v) is 6.39. The fourth-order valence-electron chi connectivity index (χ4n) is 2.62. The number of carbonyl (C=O) groups is 1. The van der Waals surface area contributed by atoms with Gasteiger partial charge in [-0.3, -0.25) is 4.79 Å². The van der Waals surface area contributed by atoms with Crippen LogP contribution in [0.2, 0.25) is 5.02 Å². The van der Waals surface area contributed by atoms with E-state index in [0.717, 1.165) is 11.1 Å². The van der Waals surface area contributed by atoms with E-state index in [1.165, 1.54) is 4.80 Å². The van der Waals surface area contributed by atoms with Gasteiger partial charge < -0.3 is 4.90 Å². The monoisotopic (exact) mass is 369 g/mol. The van der Waals surface area contributed by atoms with Crippen molar-refractivity contribution in [3.05, 3.63) is 65.2 Å². The van der Waals surface area contributed by atoms with Crippen molar-refractivity contribution in [1.29, 1.82) is 0 Å². The second kappa shape index (κ2) is 8.10. The van der Waals surface area contributed by atoms with Gasteiger partial charge in [-0.05, 0) is 48.9 Å². The highest BCUT2D eigenvalue weighted by Gasteiger charge is 2.23. The molecule has 0 aliphatic carbocycles. The highest BCUT2D eigenvalue weighted by molar-refractivity contribution is 6.30. The van der Waals surface area contributed by atoms with Gasteiger partial charge in [0.05, 0.1) is 0 Å². The van der Waals surface area contributed by atoms with E-state index in [4.69, 9.17) is 11.6 Å². The Balaban J connectivity index is 1.74. The van der Waals surface area contributed by atoms with E-state index in [1.54, 1.807) is 24.0 Å². The molecular formula is C19H20ClN5O. The van der Waals surface area contributed by atoms with E-state index in [2.05, 4.69) is 15.4 Å². The van der Waals surface area contributed by atoms with Crippen LogP contribution in [0.4, 0.5) is 0 Å². The number of aromatic nitrogens is 4. The Labute approximate surface area is 157 Å². The molecule has 0 bridgehead atoms. The van der Waals surface area contributed by atoms with Crippen molar-refractivity contribution < 1.29 is 4.79 Å². The third-order valence-electron chi connectivity index (χ3n) is 4.14. The van der Waals surface area contributed by atoms with Gasteiger partial charge in [0.2, 0.25) is 11.7 Å². The predicted molar refractivity (Wildman–Crippen MR) is 101 cm³/mol. The normalized spacial score (nSPS) is 12.0. The largest absolute Gasteiger partial charge is 0.337 e. The van der Waals surface area contributed by atoms with Crippen LogP contribution in [0, 0.1) is 0 Å². The van der Waals surface area contributed by atoms with Crippen LogP contribution in [0.3, 0.4) is 0 Å². The number of hydrogen-bond donors (Lipinski definition) is 0. The van der Waals surface area contributed by atoms with E-state index in [-0.39, 0.29) is 5.91 Å². The molecular weight excluding hydrogens is 350 g/mol. The summed E-state index contributed by atoms with van der Waals surface area (Å²) in [6.45, 7) is 4.90. The van der Waals surface area contributed by atoms with Gasteiger partial charge in [0, 0.05) is 23.7 Å². The molecule has 0 aliphatic rings. The maximum atomic E-state index is 12.8. The first kappa shape index (κ1) is 18.1. The van der Waals surface area contributed by atoms with Gasteiger partial charge in [0.1, 0.15) is 6.04 Å². The molecule has 1 atom stereocenters. The minimum Gasteiger partial charge on any atom is -0.337 e. The van der Waals surface area contributed by atoms with E-state index in [1.807, 2.05) is 49.4 Å². The Morgan fingerprint density at radius 1 is 1.15 bits per heavy atom. The van der Waals surface area contributed by atoms with E-state index in [9.17, 15) is 4.79 Å². The fraction of sp³-hybridized carbons (Fsp3) is 0.263. The zero-order chi connectivity index (χ0) is 18.5. The molecule has 1 heterocycles. The van der Waals surface area contributed by atoms with Crippen molar-refractivity contribution in [2.45, 2.75) is 26.4 Å². The van der Waals surface area contributed by atoms with Crippen molar-refractivity contribution in [3.63, 3.8) is 0 Å². The molecule has 0 spiro atoms. The van der Waals surface area contributed by atoms with Gasteiger partial charge in [0.25, 0.3) is 0 Å². The number of benzene rings is 2. The van der Waals surface area contributed by atoms with Crippen LogP contribution in [0.5, 0.6) is 0 Å². The van der Waals surface area contributed by atoms with Crippen LogP contribution in [0.15, 0.2) is 54.6 Å². The maximum absolute atomic E-state index is 12.8. The quantitative estimate of drug-likeness (QED) is 0.666. The standard InChI is InChI=1S/C19H20ClN5O/c1-3-24(13-15-7-5-4-6-8-15)19(26)14(2)25-22-18(21-23-25)16-9-11-17(20)12-10-16/h4-12,14H,3,13H2,1-2H3/t14-/m0/s1. The number of carbonyl (C=O) groups excluding carboxylic acids is 1. The van der Waals surface area contributed by atoms with Gasteiger partial charge in [-0.15, -0.1) is 10.2 Å². The highest BCUT2D eigenvalue weighted by atomic mass is 35.5. The van der Waals surface area contributed by atoms with Crippen molar-refractivity contribution in [3.8, 4) is 11.4 Å². The molecule has 0 saturated heterocycles. The minimum atomic E-state index is -0.535. The average Bonchev–Trinajstić information content (AvgIpc) is 3.16. The van der Waals surface area contributed by atoms with Crippen LogP contribution >= 0.6 is 11.6 Å². The first-order chi connectivity index (χ1) is 12.6. The van der Waals surface area contributed by atoms with Crippen molar-refractivity contribution in [2.24, 2.45) is 0 Å². The number of halogens is 1. The van der Waals surface area contributed by atoms with Crippen LogP contribution in [0.25, 0.3) is 11.4 Å². The van der Waals surface area contributed by atoms with Gasteiger partial charge in [-0.2, -0.15) is 4.80 Å². The molecule has 6 nitrogen and oxygen atoms in total. The molecule has 3 rings (SSSR count). The average molecular weight is 370 g/mol. The molecule has 3 aromatic rings. The van der Waals surface area contributed by atoms with Gasteiger partial charge in [-0.25, -0.2) is 0 Å². The lowest BCUT2D eigenvalue weighted by atomic mass is 10.2. The van der Waals surface area contributed by atoms with Crippen LogP contribution < -0.4 is 0 Å².